The van der Waals surface area contributed by atoms with Crippen LogP contribution < -0.4 is 17.0 Å². The summed E-state index contributed by atoms with van der Waals surface area (Å²) in [5, 5.41) is 0. The van der Waals surface area contributed by atoms with Crippen LogP contribution in [-0.2, 0) is 12.8 Å². The number of benzene rings is 2. The summed E-state index contributed by atoms with van der Waals surface area (Å²) in [6.07, 6.45) is 12.5. The first kappa shape index (κ1) is 29.6. The summed E-state index contributed by atoms with van der Waals surface area (Å²) in [5.74, 6) is 1.72. The van der Waals surface area contributed by atoms with Crippen molar-refractivity contribution >= 4 is 0 Å². The van der Waals surface area contributed by atoms with E-state index < -0.39 is 0 Å². The van der Waals surface area contributed by atoms with Gasteiger partial charge in [-0.3, -0.25) is 0 Å². The lowest BCUT2D eigenvalue weighted by molar-refractivity contribution is -0.596. The van der Waals surface area contributed by atoms with Crippen molar-refractivity contribution < 1.29 is 17.0 Å². The fraction of sp³-hybridized carbons (Fsp3) is 0.424. The molecule has 194 valence electrons. The second kappa shape index (κ2) is 12.6. The Morgan fingerprint density at radius 3 is 1.44 bits per heavy atom. The van der Waals surface area contributed by atoms with E-state index in [1.807, 2.05) is 12.2 Å². The Morgan fingerprint density at radius 1 is 0.694 bits per heavy atom. The Labute approximate surface area is 226 Å². The first-order chi connectivity index (χ1) is 16.6. The molecule has 0 fully saturated rings. The smallest absolute Gasteiger partial charge is 0.254 e. The molecule has 3 aromatic rings. The quantitative estimate of drug-likeness (QED) is 0.247. The molecule has 3 heteroatoms. The highest BCUT2D eigenvalue weighted by Crippen LogP contribution is 2.34. The zero-order valence-electron chi connectivity index (χ0n) is 23.6. The van der Waals surface area contributed by atoms with Gasteiger partial charge in [-0.2, -0.15) is 0 Å². The van der Waals surface area contributed by atoms with Crippen molar-refractivity contribution in [3.05, 3.63) is 102 Å². The molecule has 0 aliphatic heterocycles. The molecular formula is C33H45ClN2. The number of halogens is 1. The minimum absolute atomic E-state index is 0. The lowest BCUT2D eigenvalue weighted by Crippen LogP contribution is -3.00. The largest absolute Gasteiger partial charge is 1.00 e. The number of nitrogens with zero attached hydrogens (tertiary/aromatic N) is 2. The average Bonchev–Trinajstić information content (AvgIpc) is 3.27. The summed E-state index contributed by atoms with van der Waals surface area (Å²) in [5.41, 5.74) is 10.9. The maximum absolute atomic E-state index is 3.97. The Balaban J connectivity index is 0.00000456. The molecule has 1 heterocycles. The molecule has 0 aliphatic carbocycles. The summed E-state index contributed by atoms with van der Waals surface area (Å²) in [6.45, 7) is 26.3. The van der Waals surface area contributed by atoms with Crippen LogP contribution in [0.15, 0.2) is 68.3 Å². The highest BCUT2D eigenvalue weighted by atomic mass is 35.5. The highest BCUT2D eigenvalue weighted by Gasteiger charge is 2.25. The molecule has 1 aromatic heterocycles. The third-order valence-electron chi connectivity index (χ3n) is 6.86. The molecule has 2 aromatic carbocycles. The van der Waals surface area contributed by atoms with Crippen molar-refractivity contribution in [1.29, 1.82) is 0 Å². The van der Waals surface area contributed by atoms with Crippen LogP contribution >= 0.6 is 0 Å². The van der Waals surface area contributed by atoms with Gasteiger partial charge < -0.3 is 12.4 Å². The molecule has 0 atom stereocenters. The molecule has 0 N–H and O–H groups in total. The van der Waals surface area contributed by atoms with E-state index in [0.717, 1.165) is 12.8 Å². The first-order valence-electron chi connectivity index (χ1n) is 13.2. The Morgan fingerprint density at radius 2 is 1.08 bits per heavy atom. The fourth-order valence-electron chi connectivity index (χ4n) is 5.03. The van der Waals surface area contributed by atoms with Gasteiger partial charge in [0.05, 0.1) is 0 Å². The Hall–Kier alpha value is -2.58. The van der Waals surface area contributed by atoms with Gasteiger partial charge in [0, 0.05) is 22.3 Å². The van der Waals surface area contributed by atoms with Crippen molar-refractivity contribution in [2.45, 2.75) is 91.9 Å². The highest BCUT2D eigenvalue weighted by molar-refractivity contribution is 5.54. The summed E-state index contributed by atoms with van der Waals surface area (Å²) in [6, 6.07) is 9.50. The van der Waals surface area contributed by atoms with E-state index in [2.05, 4.69) is 121 Å². The maximum atomic E-state index is 3.97. The van der Waals surface area contributed by atoms with Crippen LogP contribution in [0.2, 0.25) is 0 Å². The summed E-state index contributed by atoms with van der Waals surface area (Å²) in [7, 11) is 0. The van der Waals surface area contributed by atoms with Crippen LogP contribution in [0.5, 0.6) is 0 Å². The second-order valence-electron chi connectivity index (χ2n) is 11.1. The van der Waals surface area contributed by atoms with E-state index in [-0.39, 0.29) is 12.4 Å². The van der Waals surface area contributed by atoms with Crippen molar-refractivity contribution in [1.82, 2.24) is 4.57 Å². The minimum Gasteiger partial charge on any atom is -1.00 e. The van der Waals surface area contributed by atoms with Crippen molar-refractivity contribution in [2.75, 3.05) is 0 Å². The second-order valence-corrected chi connectivity index (χ2v) is 11.1. The first-order valence-corrected chi connectivity index (χ1v) is 13.2. The van der Waals surface area contributed by atoms with Crippen LogP contribution in [0.3, 0.4) is 0 Å². The van der Waals surface area contributed by atoms with Gasteiger partial charge >= 0.3 is 0 Å². The van der Waals surface area contributed by atoms with Gasteiger partial charge in [0.15, 0.2) is 0 Å². The van der Waals surface area contributed by atoms with E-state index in [0.29, 0.717) is 23.7 Å². The molecular weight excluding hydrogens is 460 g/mol. The van der Waals surface area contributed by atoms with E-state index in [4.69, 9.17) is 0 Å². The van der Waals surface area contributed by atoms with Crippen LogP contribution in [0, 0.1) is 0 Å². The summed E-state index contributed by atoms with van der Waals surface area (Å²) >= 11 is 0. The third-order valence-corrected chi connectivity index (χ3v) is 6.86. The topological polar surface area (TPSA) is 8.81 Å². The molecule has 0 amide bonds. The molecule has 0 spiro atoms. The van der Waals surface area contributed by atoms with E-state index >= 15 is 0 Å². The van der Waals surface area contributed by atoms with Crippen LogP contribution in [-0.4, -0.2) is 4.57 Å². The SMILES string of the molecule is C=CCc1cc(C(C)C)c(-n2cc[n+](-c3c(C(C)C)cc(CC=C)cc3C(C)C)c2)c(C(C)C)c1.[Cl-]. The summed E-state index contributed by atoms with van der Waals surface area (Å²) in [4.78, 5) is 0. The Kier molecular flexibility index (Phi) is 10.4. The molecule has 0 saturated carbocycles. The van der Waals surface area contributed by atoms with E-state index in [1.165, 1.54) is 44.8 Å². The number of hydrogen-bond donors (Lipinski definition) is 0. The third kappa shape index (κ3) is 6.21. The average molecular weight is 505 g/mol. The van der Waals surface area contributed by atoms with Gasteiger partial charge in [-0.25, -0.2) is 9.13 Å². The minimum atomic E-state index is 0. The molecule has 0 aliphatic rings. The van der Waals surface area contributed by atoms with Crippen molar-refractivity contribution in [2.24, 2.45) is 0 Å². The molecule has 0 unspecified atom stereocenters. The molecule has 3 rings (SSSR count). The van der Waals surface area contributed by atoms with Gasteiger partial charge in [0.25, 0.3) is 6.33 Å². The number of rotatable bonds is 10. The predicted molar refractivity (Wildman–Crippen MR) is 151 cm³/mol. The molecule has 0 radical (unpaired) electrons. The zero-order chi connectivity index (χ0) is 25.9. The maximum Gasteiger partial charge on any atom is 0.254 e. The normalized spacial score (nSPS) is 11.4. The Bertz CT molecular complexity index is 1040. The van der Waals surface area contributed by atoms with Crippen LogP contribution in [0.1, 0.15) is 112 Å². The number of aromatic nitrogens is 2. The molecule has 0 bridgehead atoms. The van der Waals surface area contributed by atoms with E-state index in [9.17, 15) is 0 Å². The van der Waals surface area contributed by atoms with Gasteiger partial charge in [-0.1, -0.05) is 91.8 Å². The van der Waals surface area contributed by atoms with Gasteiger partial charge in [-0.05, 0) is 47.6 Å². The number of hydrogen-bond acceptors (Lipinski definition) is 0. The predicted octanol–water partition coefficient (Wildman–Crippen LogP) is 5.71. The lowest BCUT2D eigenvalue weighted by Gasteiger charge is -2.19. The summed E-state index contributed by atoms with van der Waals surface area (Å²) < 4.78 is 4.68. The zero-order valence-corrected chi connectivity index (χ0v) is 24.4. The van der Waals surface area contributed by atoms with Crippen LogP contribution in [0.4, 0.5) is 0 Å². The number of imidazole rings is 1. The van der Waals surface area contributed by atoms with Crippen molar-refractivity contribution in [3.63, 3.8) is 0 Å². The van der Waals surface area contributed by atoms with Crippen molar-refractivity contribution in [3.8, 4) is 11.4 Å². The van der Waals surface area contributed by atoms with Gasteiger partial charge in [0.2, 0.25) is 0 Å². The van der Waals surface area contributed by atoms with E-state index in [1.54, 1.807) is 0 Å². The fourth-order valence-corrected chi connectivity index (χ4v) is 5.03. The number of allylic oxidation sites excluding steroid dienone is 2. The van der Waals surface area contributed by atoms with Gasteiger partial charge in [-0.15, -0.1) is 13.2 Å². The molecule has 2 nitrogen and oxygen atoms in total. The lowest BCUT2D eigenvalue weighted by atomic mass is 9.89. The standard InChI is InChI=1S/C33H45N2.ClH/c1-11-13-26-17-28(22(3)4)32(29(18-26)23(5)6)34-15-16-35(21-34)33-30(24(7)8)19-27(14-12-2)20-31(33)25(9)10;/h11-12,15-25H,1-2,13-14H2,3-10H3;1H/q+1;/p-1. The van der Waals surface area contributed by atoms with Gasteiger partial charge in [0.1, 0.15) is 23.8 Å². The van der Waals surface area contributed by atoms with Crippen LogP contribution in [0.25, 0.3) is 11.4 Å². The monoisotopic (exact) mass is 504 g/mol. The molecule has 0 saturated heterocycles. The molecule has 36 heavy (non-hydrogen) atoms.